The summed E-state index contributed by atoms with van der Waals surface area (Å²) >= 11 is 0. The first kappa shape index (κ1) is 17.6. The summed E-state index contributed by atoms with van der Waals surface area (Å²) in [6.07, 6.45) is 0.119. The largest absolute Gasteiger partial charge is 0.349 e. The molecule has 0 bridgehead atoms. The van der Waals surface area contributed by atoms with Gasteiger partial charge in [0.25, 0.3) is 0 Å². The highest BCUT2D eigenvalue weighted by Gasteiger charge is 2.14. The lowest BCUT2D eigenvalue weighted by molar-refractivity contribution is -0.121. The van der Waals surface area contributed by atoms with Crippen molar-refractivity contribution in [1.29, 1.82) is 0 Å². The van der Waals surface area contributed by atoms with Crippen LogP contribution in [0.1, 0.15) is 31.0 Å². The number of anilines is 1. The fraction of sp³-hybridized carbons (Fsp3) is 0.222. The van der Waals surface area contributed by atoms with E-state index in [1.54, 1.807) is 31.2 Å². The van der Waals surface area contributed by atoms with Crippen LogP contribution in [0.5, 0.6) is 0 Å². The van der Waals surface area contributed by atoms with E-state index >= 15 is 0 Å². The fourth-order valence-corrected chi connectivity index (χ4v) is 2.32. The highest BCUT2D eigenvalue weighted by atomic mass is 19.1. The Morgan fingerprint density at radius 2 is 1.75 bits per heavy atom. The van der Waals surface area contributed by atoms with Crippen LogP contribution in [-0.4, -0.2) is 11.8 Å². The molecule has 4 nitrogen and oxygen atoms in total. The molecule has 0 heterocycles. The molecule has 0 aromatic heterocycles. The molecule has 2 aromatic carbocycles. The molecule has 24 heavy (non-hydrogen) atoms. The smallest absolute Gasteiger partial charge is 0.224 e. The Bertz CT molecular complexity index is 745. The summed E-state index contributed by atoms with van der Waals surface area (Å²) in [4.78, 5) is 23.0. The van der Waals surface area contributed by atoms with Gasteiger partial charge in [-0.05, 0) is 30.7 Å². The predicted molar refractivity (Wildman–Crippen MR) is 87.4 cm³/mol. The standard InChI is InChI=1S/C18H18F2N2O2/c1-11(16-8-5-14(19)10-17(16)20)21-18(24)9-13-3-6-15(7-4-13)22-12(2)23/h3-8,10-11H,9H2,1-2H3,(H,21,24)(H,22,23)/t11-/m1/s1. The lowest BCUT2D eigenvalue weighted by atomic mass is 10.1. The van der Waals surface area contributed by atoms with Crippen LogP contribution in [-0.2, 0) is 16.0 Å². The second kappa shape index (κ2) is 7.68. The van der Waals surface area contributed by atoms with Gasteiger partial charge < -0.3 is 10.6 Å². The van der Waals surface area contributed by atoms with Crippen LogP contribution < -0.4 is 10.6 Å². The molecular weight excluding hydrogens is 314 g/mol. The van der Waals surface area contributed by atoms with Gasteiger partial charge in [-0.15, -0.1) is 0 Å². The lowest BCUT2D eigenvalue weighted by Crippen LogP contribution is -2.28. The maximum absolute atomic E-state index is 13.7. The molecule has 0 aliphatic carbocycles. The minimum atomic E-state index is -0.692. The van der Waals surface area contributed by atoms with E-state index in [-0.39, 0.29) is 23.8 Å². The number of benzene rings is 2. The van der Waals surface area contributed by atoms with Gasteiger partial charge >= 0.3 is 0 Å². The minimum Gasteiger partial charge on any atom is -0.349 e. The van der Waals surface area contributed by atoms with Crippen LogP contribution in [0.4, 0.5) is 14.5 Å². The van der Waals surface area contributed by atoms with Crippen LogP contribution in [0.2, 0.25) is 0 Å². The van der Waals surface area contributed by atoms with Crippen molar-refractivity contribution in [3.05, 3.63) is 65.2 Å². The Morgan fingerprint density at radius 1 is 1.08 bits per heavy atom. The van der Waals surface area contributed by atoms with Gasteiger partial charge in [0, 0.05) is 24.2 Å². The molecule has 0 spiro atoms. The number of hydrogen-bond donors (Lipinski definition) is 2. The highest BCUT2D eigenvalue weighted by Crippen LogP contribution is 2.18. The molecule has 0 radical (unpaired) electrons. The Hall–Kier alpha value is -2.76. The molecule has 0 aliphatic heterocycles. The number of hydrogen-bond acceptors (Lipinski definition) is 2. The summed E-state index contributed by atoms with van der Waals surface area (Å²) in [5, 5.41) is 5.32. The number of amides is 2. The Morgan fingerprint density at radius 3 is 2.33 bits per heavy atom. The Balaban J connectivity index is 1.96. The van der Waals surface area contributed by atoms with Crippen molar-refractivity contribution in [2.75, 3.05) is 5.32 Å². The molecule has 0 fully saturated rings. The number of carbonyl (C=O) groups is 2. The second-order valence-electron chi connectivity index (χ2n) is 5.51. The fourth-order valence-electron chi connectivity index (χ4n) is 2.32. The van der Waals surface area contributed by atoms with E-state index in [4.69, 9.17) is 0 Å². The first-order chi connectivity index (χ1) is 11.3. The number of halogens is 2. The summed E-state index contributed by atoms with van der Waals surface area (Å²) < 4.78 is 26.6. The van der Waals surface area contributed by atoms with Crippen molar-refractivity contribution in [3.8, 4) is 0 Å². The molecular formula is C18H18F2N2O2. The van der Waals surface area contributed by atoms with E-state index in [0.29, 0.717) is 5.69 Å². The zero-order valence-electron chi connectivity index (χ0n) is 13.4. The van der Waals surface area contributed by atoms with Crippen LogP contribution in [0.3, 0.4) is 0 Å². The third-order valence-electron chi connectivity index (χ3n) is 3.45. The van der Waals surface area contributed by atoms with Gasteiger partial charge in [0.05, 0.1) is 12.5 Å². The zero-order chi connectivity index (χ0) is 17.7. The van der Waals surface area contributed by atoms with E-state index in [2.05, 4.69) is 10.6 Å². The van der Waals surface area contributed by atoms with Gasteiger partial charge in [-0.1, -0.05) is 18.2 Å². The Labute approximate surface area is 138 Å². The summed E-state index contributed by atoms with van der Waals surface area (Å²) in [5.74, 6) is -1.80. The normalized spacial score (nSPS) is 11.7. The van der Waals surface area contributed by atoms with Crippen LogP contribution in [0.25, 0.3) is 0 Å². The summed E-state index contributed by atoms with van der Waals surface area (Å²) in [7, 11) is 0. The third-order valence-corrected chi connectivity index (χ3v) is 3.45. The molecule has 2 aromatic rings. The average molecular weight is 332 g/mol. The zero-order valence-corrected chi connectivity index (χ0v) is 13.4. The SMILES string of the molecule is CC(=O)Nc1ccc(CC(=O)N[C@H](C)c2ccc(F)cc2F)cc1. The van der Waals surface area contributed by atoms with E-state index in [9.17, 15) is 18.4 Å². The summed E-state index contributed by atoms with van der Waals surface area (Å²) in [6, 6.07) is 9.55. The van der Waals surface area contributed by atoms with Crippen molar-refractivity contribution in [1.82, 2.24) is 5.32 Å². The van der Waals surface area contributed by atoms with Gasteiger partial charge in [0.15, 0.2) is 0 Å². The molecule has 126 valence electrons. The molecule has 2 rings (SSSR count). The van der Waals surface area contributed by atoms with Gasteiger partial charge in [0.2, 0.25) is 11.8 Å². The van der Waals surface area contributed by atoms with E-state index < -0.39 is 17.7 Å². The highest BCUT2D eigenvalue weighted by molar-refractivity contribution is 5.88. The van der Waals surface area contributed by atoms with Gasteiger partial charge in [-0.3, -0.25) is 9.59 Å². The van der Waals surface area contributed by atoms with E-state index in [1.165, 1.54) is 13.0 Å². The van der Waals surface area contributed by atoms with Crippen LogP contribution in [0.15, 0.2) is 42.5 Å². The van der Waals surface area contributed by atoms with Gasteiger partial charge in [-0.2, -0.15) is 0 Å². The van der Waals surface area contributed by atoms with Crippen molar-refractivity contribution in [3.63, 3.8) is 0 Å². The quantitative estimate of drug-likeness (QED) is 0.882. The molecule has 0 saturated heterocycles. The number of rotatable bonds is 5. The molecule has 0 aliphatic rings. The maximum Gasteiger partial charge on any atom is 0.224 e. The maximum atomic E-state index is 13.7. The van der Waals surface area contributed by atoms with Crippen molar-refractivity contribution in [2.24, 2.45) is 0 Å². The van der Waals surface area contributed by atoms with Crippen molar-refractivity contribution in [2.45, 2.75) is 26.3 Å². The van der Waals surface area contributed by atoms with Crippen LogP contribution >= 0.6 is 0 Å². The lowest BCUT2D eigenvalue weighted by Gasteiger charge is -2.15. The molecule has 0 saturated carbocycles. The van der Waals surface area contributed by atoms with Gasteiger partial charge in [-0.25, -0.2) is 8.78 Å². The van der Waals surface area contributed by atoms with E-state index in [1.807, 2.05) is 0 Å². The molecule has 2 N–H and O–H groups in total. The first-order valence-electron chi connectivity index (χ1n) is 7.46. The minimum absolute atomic E-state index is 0.119. The monoisotopic (exact) mass is 332 g/mol. The molecule has 1 atom stereocenters. The summed E-state index contributed by atoms with van der Waals surface area (Å²) in [6.45, 7) is 3.05. The topological polar surface area (TPSA) is 58.2 Å². The first-order valence-corrected chi connectivity index (χ1v) is 7.46. The number of nitrogens with one attached hydrogen (secondary N) is 2. The van der Waals surface area contributed by atoms with Crippen molar-refractivity contribution < 1.29 is 18.4 Å². The number of carbonyl (C=O) groups excluding carboxylic acids is 2. The van der Waals surface area contributed by atoms with E-state index in [0.717, 1.165) is 17.7 Å². The third kappa shape index (κ3) is 4.87. The molecule has 6 heteroatoms. The average Bonchev–Trinajstić information content (AvgIpc) is 2.48. The van der Waals surface area contributed by atoms with Crippen molar-refractivity contribution >= 4 is 17.5 Å². The van der Waals surface area contributed by atoms with Crippen LogP contribution in [0, 0.1) is 11.6 Å². The van der Waals surface area contributed by atoms with Gasteiger partial charge in [0.1, 0.15) is 11.6 Å². The molecule has 2 amide bonds. The Kier molecular flexibility index (Phi) is 5.63. The summed E-state index contributed by atoms with van der Waals surface area (Å²) in [5.41, 5.74) is 1.63. The molecule has 0 unspecified atom stereocenters. The second-order valence-corrected chi connectivity index (χ2v) is 5.51. The predicted octanol–water partition coefficient (Wildman–Crippen LogP) is 3.34.